The molecule has 6 nitrogen and oxygen atoms in total. The average Bonchev–Trinajstić information content (AvgIpc) is 2.69. The zero-order valence-corrected chi connectivity index (χ0v) is 16.7. The molecule has 2 atom stereocenters. The molecule has 0 aliphatic carbocycles. The van der Waals surface area contributed by atoms with Crippen LogP contribution in [-0.2, 0) is 20.4 Å². The second kappa shape index (κ2) is 8.02. The summed E-state index contributed by atoms with van der Waals surface area (Å²) in [4.78, 5) is 0. The molecule has 0 unspecified atom stereocenters. The first kappa shape index (κ1) is 20.5. The number of benzene rings is 2. The van der Waals surface area contributed by atoms with E-state index in [-0.39, 0.29) is 13.0 Å². The molecular formula is C21H24N2O4S. The summed E-state index contributed by atoms with van der Waals surface area (Å²) in [6.45, 7) is 3.62. The number of nitrogens with zero attached hydrogens (tertiary/aromatic N) is 1. The van der Waals surface area contributed by atoms with Gasteiger partial charge < -0.3 is 9.84 Å². The van der Waals surface area contributed by atoms with Crippen molar-refractivity contribution in [3.05, 3.63) is 59.7 Å². The van der Waals surface area contributed by atoms with Crippen LogP contribution in [0.5, 0.6) is 0 Å². The summed E-state index contributed by atoms with van der Waals surface area (Å²) in [6, 6.07) is 16.0. The first-order chi connectivity index (χ1) is 13.3. The lowest BCUT2D eigenvalue weighted by Gasteiger charge is -2.40. The molecular weight excluding hydrogens is 376 g/mol. The van der Waals surface area contributed by atoms with E-state index < -0.39 is 26.9 Å². The van der Waals surface area contributed by atoms with Crippen LogP contribution in [0.15, 0.2) is 48.5 Å². The second-order valence-corrected chi connectivity index (χ2v) is 9.52. The highest BCUT2D eigenvalue weighted by atomic mass is 32.2. The minimum Gasteiger partial charge on any atom is -0.383 e. The molecule has 2 aromatic carbocycles. The molecule has 1 aliphatic heterocycles. The number of nitriles is 1. The Morgan fingerprint density at radius 3 is 2.54 bits per heavy atom. The van der Waals surface area contributed by atoms with E-state index in [4.69, 9.17) is 4.74 Å². The Kier molecular flexibility index (Phi) is 5.87. The lowest BCUT2D eigenvalue weighted by atomic mass is 9.82. The Labute approximate surface area is 165 Å². The maximum absolute atomic E-state index is 12.3. The summed E-state index contributed by atoms with van der Waals surface area (Å²) in [5.74, 6) is 0. The predicted octanol–water partition coefficient (Wildman–Crippen LogP) is 2.53. The number of ether oxygens (including phenoxy) is 1. The summed E-state index contributed by atoms with van der Waals surface area (Å²) in [5.41, 5.74) is 1.49. The fraction of sp³-hybridized carbons (Fsp3) is 0.381. The van der Waals surface area contributed by atoms with Crippen LogP contribution in [0.3, 0.4) is 0 Å². The van der Waals surface area contributed by atoms with E-state index in [1.54, 1.807) is 32.0 Å². The molecule has 1 fully saturated rings. The van der Waals surface area contributed by atoms with E-state index in [1.807, 2.05) is 30.3 Å². The molecule has 3 rings (SSSR count). The summed E-state index contributed by atoms with van der Waals surface area (Å²) in [6.07, 6.45) is 0.284. The topological polar surface area (TPSA) is 99.4 Å². The maximum atomic E-state index is 12.3. The van der Waals surface area contributed by atoms with E-state index in [9.17, 15) is 18.8 Å². The molecule has 1 heterocycles. The van der Waals surface area contributed by atoms with Gasteiger partial charge in [-0.05, 0) is 36.6 Å². The third-order valence-corrected chi connectivity index (χ3v) is 7.01. The van der Waals surface area contributed by atoms with E-state index in [1.165, 1.54) is 0 Å². The molecule has 0 amide bonds. The lowest BCUT2D eigenvalue weighted by Crippen LogP contribution is -2.57. The summed E-state index contributed by atoms with van der Waals surface area (Å²) in [5, 5.41) is 20.0. The number of hydrogen-bond donors (Lipinski definition) is 2. The predicted molar refractivity (Wildman–Crippen MR) is 107 cm³/mol. The van der Waals surface area contributed by atoms with Gasteiger partial charge in [-0.2, -0.15) is 5.26 Å². The van der Waals surface area contributed by atoms with Gasteiger partial charge in [0.2, 0.25) is 10.0 Å². The van der Waals surface area contributed by atoms with E-state index in [2.05, 4.69) is 10.8 Å². The Bertz CT molecular complexity index is 980. The number of rotatable bonds is 5. The number of hydrogen-bond acceptors (Lipinski definition) is 5. The largest absolute Gasteiger partial charge is 0.383 e. The summed E-state index contributed by atoms with van der Waals surface area (Å²) in [7, 11) is -3.56. The lowest BCUT2D eigenvalue weighted by molar-refractivity contribution is -0.0898. The molecule has 0 saturated carbocycles. The van der Waals surface area contributed by atoms with Gasteiger partial charge >= 0.3 is 0 Å². The number of aliphatic hydroxyl groups is 1. The Balaban J connectivity index is 1.93. The standard InChI is InChI=1S/C21H24N2O4S/c1-15(2)28(25,26)23-20-14-27-12-11-21(20,24)18-9-7-16(8-10-18)19-6-4-3-5-17(19)13-22/h3-10,15,20,23-24H,11-12,14H2,1-2H3/t20-,21+/m0/s1. The van der Waals surface area contributed by atoms with Crippen LogP contribution in [-0.4, -0.2) is 38.0 Å². The van der Waals surface area contributed by atoms with Gasteiger partial charge in [0, 0.05) is 13.0 Å². The van der Waals surface area contributed by atoms with Gasteiger partial charge in [-0.1, -0.05) is 42.5 Å². The third kappa shape index (κ3) is 3.96. The Morgan fingerprint density at radius 1 is 1.21 bits per heavy atom. The van der Waals surface area contributed by atoms with Crippen molar-refractivity contribution in [2.45, 2.75) is 37.2 Å². The zero-order chi connectivity index (χ0) is 20.4. The van der Waals surface area contributed by atoms with Gasteiger partial charge in [0.1, 0.15) is 5.60 Å². The van der Waals surface area contributed by atoms with Crippen LogP contribution in [0.2, 0.25) is 0 Å². The smallest absolute Gasteiger partial charge is 0.214 e. The second-order valence-electron chi connectivity index (χ2n) is 7.25. The van der Waals surface area contributed by atoms with Crippen molar-refractivity contribution in [1.82, 2.24) is 4.72 Å². The van der Waals surface area contributed by atoms with Crippen LogP contribution < -0.4 is 4.72 Å². The molecule has 148 valence electrons. The van der Waals surface area contributed by atoms with Crippen molar-refractivity contribution in [3.8, 4) is 17.2 Å². The van der Waals surface area contributed by atoms with Gasteiger partial charge in [0.05, 0.1) is 29.5 Å². The molecule has 7 heteroatoms. The first-order valence-corrected chi connectivity index (χ1v) is 10.7. The normalized spacial score (nSPS) is 22.8. The van der Waals surface area contributed by atoms with Crippen molar-refractivity contribution in [1.29, 1.82) is 5.26 Å². The molecule has 2 N–H and O–H groups in total. The van der Waals surface area contributed by atoms with Gasteiger partial charge in [0.15, 0.2) is 0 Å². The number of sulfonamides is 1. The number of nitrogens with one attached hydrogen (secondary N) is 1. The average molecular weight is 401 g/mol. The highest BCUT2D eigenvalue weighted by Crippen LogP contribution is 2.34. The van der Waals surface area contributed by atoms with Gasteiger partial charge in [-0.3, -0.25) is 0 Å². The molecule has 0 spiro atoms. The molecule has 28 heavy (non-hydrogen) atoms. The van der Waals surface area contributed by atoms with E-state index in [0.717, 1.165) is 11.1 Å². The fourth-order valence-corrected chi connectivity index (χ4v) is 4.25. The van der Waals surface area contributed by atoms with Crippen molar-refractivity contribution < 1.29 is 18.3 Å². The van der Waals surface area contributed by atoms with Crippen LogP contribution in [0.1, 0.15) is 31.4 Å². The van der Waals surface area contributed by atoms with Gasteiger partial charge in [-0.25, -0.2) is 13.1 Å². The molecule has 0 radical (unpaired) electrons. The first-order valence-electron chi connectivity index (χ1n) is 9.19. The van der Waals surface area contributed by atoms with Crippen LogP contribution in [0.25, 0.3) is 11.1 Å². The highest BCUT2D eigenvalue weighted by molar-refractivity contribution is 7.90. The van der Waals surface area contributed by atoms with Gasteiger partial charge in [0.25, 0.3) is 0 Å². The van der Waals surface area contributed by atoms with Crippen molar-refractivity contribution >= 4 is 10.0 Å². The van der Waals surface area contributed by atoms with Crippen molar-refractivity contribution in [2.24, 2.45) is 0 Å². The maximum Gasteiger partial charge on any atom is 0.214 e. The molecule has 1 saturated heterocycles. The molecule has 2 aromatic rings. The Morgan fingerprint density at radius 2 is 1.89 bits per heavy atom. The van der Waals surface area contributed by atoms with E-state index >= 15 is 0 Å². The highest BCUT2D eigenvalue weighted by Gasteiger charge is 2.43. The molecule has 0 bridgehead atoms. The van der Waals surface area contributed by atoms with Crippen LogP contribution in [0.4, 0.5) is 0 Å². The monoisotopic (exact) mass is 400 g/mol. The molecule has 0 aromatic heterocycles. The third-order valence-electron chi connectivity index (χ3n) is 5.16. The van der Waals surface area contributed by atoms with Crippen LogP contribution in [0, 0.1) is 11.3 Å². The van der Waals surface area contributed by atoms with Gasteiger partial charge in [-0.15, -0.1) is 0 Å². The quantitative estimate of drug-likeness (QED) is 0.803. The fourth-order valence-electron chi connectivity index (χ4n) is 3.32. The summed E-state index contributed by atoms with van der Waals surface area (Å²) < 4.78 is 32.7. The Hall–Kier alpha value is -2.24. The van der Waals surface area contributed by atoms with E-state index in [0.29, 0.717) is 17.7 Å². The minimum absolute atomic E-state index is 0.0987. The molecule has 1 aliphatic rings. The SMILES string of the molecule is CC(C)S(=O)(=O)N[C@H]1COCC[C@@]1(O)c1ccc(-c2ccccc2C#N)cc1. The van der Waals surface area contributed by atoms with Crippen molar-refractivity contribution in [2.75, 3.05) is 13.2 Å². The zero-order valence-electron chi connectivity index (χ0n) is 15.9. The summed E-state index contributed by atoms with van der Waals surface area (Å²) >= 11 is 0. The van der Waals surface area contributed by atoms with Crippen LogP contribution >= 0.6 is 0 Å². The van der Waals surface area contributed by atoms with Crippen molar-refractivity contribution in [3.63, 3.8) is 0 Å². The minimum atomic E-state index is -3.56.